The van der Waals surface area contributed by atoms with Gasteiger partial charge in [-0.05, 0) is 92.2 Å². The number of imidazole rings is 1. The minimum Gasteiger partial charge on any atom is -0.494 e. The third kappa shape index (κ3) is 6.46. The molecule has 0 saturated heterocycles. The Morgan fingerprint density at radius 3 is 2.28 bits per heavy atom. The number of halogens is 3. The summed E-state index contributed by atoms with van der Waals surface area (Å²) in [6.07, 6.45) is 3.04. The first-order chi connectivity index (χ1) is 22.2. The number of para-hydroxylation sites is 1. The molecule has 0 radical (unpaired) electrons. The van der Waals surface area contributed by atoms with Gasteiger partial charge in [0.05, 0.1) is 46.2 Å². The minimum absolute atomic E-state index is 0.226. The van der Waals surface area contributed by atoms with E-state index in [4.69, 9.17) is 14.7 Å². The fourth-order valence-electron chi connectivity index (χ4n) is 5.30. The summed E-state index contributed by atoms with van der Waals surface area (Å²) in [6.45, 7) is 4.34. The van der Waals surface area contributed by atoms with Gasteiger partial charge in [-0.2, -0.15) is 13.2 Å². The molecule has 1 atom stereocenters. The van der Waals surface area contributed by atoms with E-state index in [1.807, 2.05) is 85.3 Å². The first-order valence-corrected chi connectivity index (χ1v) is 14.8. The summed E-state index contributed by atoms with van der Waals surface area (Å²) < 4.78 is 48.8. The molecule has 232 valence electrons. The molecule has 0 saturated carbocycles. The van der Waals surface area contributed by atoms with Gasteiger partial charge in [0.2, 0.25) is 0 Å². The summed E-state index contributed by atoms with van der Waals surface area (Å²) >= 11 is 0. The summed E-state index contributed by atoms with van der Waals surface area (Å²) in [5.74, 6) is 1.74. The number of hydrogen-bond donors (Lipinski definition) is 0. The van der Waals surface area contributed by atoms with Crippen molar-refractivity contribution in [1.29, 1.82) is 0 Å². The lowest BCUT2D eigenvalue weighted by Crippen LogP contribution is -2.27. The maximum absolute atomic E-state index is 14.0. The topological polar surface area (TPSA) is 74.8 Å². The molecule has 0 aliphatic rings. The van der Waals surface area contributed by atoms with Crippen molar-refractivity contribution in [2.75, 3.05) is 6.61 Å². The molecule has 3 aromatic carbocycles. The van der Waals surface area contributed by atoms with E-state index >= 15 is 0 Å². The second-order valence-corrected chi connectivity index (χ2v) is 10.7. The molecule has 7 nitrogen and oxygen atoms in total. The highest BCUT2D eigenvalue weighted by atomic mass is 19.4. The zero-order chi connectivity index (χ0) is 32.3. The highest BCUT2D eigenvalue weighted by Crippen LogP contribution is 2.30. The highest BCUT2D eigenvalue weighted by molar-refractivity contribution is 5.78. The van der Waals surface area contributed by atoms with Crippen LogP contribution >= 0.6 is 0 Å². The van der Waals surface area contributed by atoms with Gasteiger partial charge in [-0.1, -0.05) is 30.3 Å². The van der Waals surface area contributed by atoms with Crippen LogP contribution in [0.5, 0.6) is 5.75 Å². The maximum atomic E-state index is 14.0. The van der Waals surface area contributed by atoms with E-state index in [1.54, 1.807) is 29.0 Å². The van der Waals surface area contributed by atoms with E-state index in [-0.39, 0.29) is 12.0 Å². The molecule has 10 heteroatoms. The van der Waals surface area contributed by atoms with Crippen molar-refractivity contribution < 1.29 is 17.9 Å². The van der Waals surface area contributed by atoms with Crippen LogP contribution in [-0.2, 0) is 12.6 Å². The van der Waals surface area contributed by atoms with Crippen molar-refractivity contribution in [3.8, 4) is 11.4 Å². The Morgan fingerprint density at radius 2 is 1.59 bits per heavy atom. The van der Waals surface area contributed by atoms with Crippen LogP contribution in [0.25, 0.3) is 28.7 Å². The van der Waals surface area contributed by atoms with Gasteiger partial charge in [0, 0.05) is 18.8 Å². The van der Waals surface area contributed by atoms with Crippen LogP contribution in [0.2, 0.25) is 0 Å². The third-order valence-electron chi connectivity index (χ3n) is 7.58. The Morgan fingerprint density at radius 1 is 0.870 bits per heavy atom. The van der Waals surface area contributed by atoms with Crippen LogP contribution in [0.1, 0.15) is 54.1 Å². The lowest BCUT2D eigenvalue weighted by molar-refractivity contribution is -0.137. The molecule has 6 rings (SSSR count). The quantitative estimate of drug-likeness (QED) is 0.165. The zero-order valence-electron chi connectivity index (χ0n) is 25.1. The molecule has 3 aromatic heterocycles. The Kier molecular flexibility index (Phi) is 8.52. The van der Waals surface area contributed by atoms with Gasteiger partial charge in [0.1, 0.15) is 17.4 Å². The SMILES string of the molecule is CCOc1ccc(-n2c(C(C)n3cc(C=Cc4ccccn4)nc3Cc3ccc(C(F)(F)F)cc3)nc3ccccc3c2=O)cc1. The largest absolute Gasteiger partial charge is 0.494 e. The number of pyridine rings is 1. The minimum atomic E-state index is -4.43. The Bertz CT molecular complexity index is 2050. The molecule has 0 bridgehead atoms. The molecule has 3 heterocycles. The summed E-state index contributed by atoms with van der Waals surface area (Å²) in [7, 11) is 0. The van der Waals surface area contributed by atoms with Crippen molar-refractivity contribution in [2.24, 2.45) is 0 Å². The molecule has 0 N–H and O–H groups in total. The molecular weight excluding hydrogens is 591 g/mol. The molecule has 0 spiro atoms. The molecule has 0 aliphatic carbocycles. The fraction of sp³-hybridized carbons (Fsp3) is 0.167. The highest BCUT2D eigenvalue weighted by Gasteiger charge is 2.30. The summed E-state index contributed by atoms with van der Waals surface area (Å²) in [6, 6.07) is 24.6. The van der Waals surface area contributed by atoms with Crippen molar-refractivity contribution in [3.63, 3.8) is 0 Å². The maximum Gasteiger partial charge on any atom is 0.416 e. The van der Waals surface area contributed by atoms with Crippen LogP contribution in [0.4, 0.5) is 13.2 Å². The van der Waals surface area contributed by atoms with Crippen LogP contribution in [0.3, 0.4) is 0 Å². The average Bonchev–Trinajstić information content (AvgIpc) is 3.46. The zero-order valence-corrected chi connectivity index (χ0v) is 25.1. The Hall–Kier alpha value is -5.51. The first-order valence-electron chi connectivity index (χ1n) is 14.8. The van der Waals surface area contributed by atoms with Crippen LogP contribution in [0, 0.1) is 0 Å². The first kappa shape index (κ1) is 30.5. The van der Waals surface area contributed by atoms with Crippen molar-refractivity contribution in [3.05, 3.63) is 148 Å². The van der Waals surface area contributed by atoms with Gasteiger partial charge in [0.25, 0.3) is 5.56 Å². The number of alkyl halides is 3. The molecule has 0 fully saturated rings. The van der Waals surface area contributed by atoms with Gasteiger partial charge < -0.3 is 9.30 Å². The summed E-state index contributed by atoms with van der Waals surface area (Å²) in [4.78, 5) is 28.2. The summed E-state index contributed by atoms with van der Waals surface area (Å²) in [5.41, 5.74) is 2.25. The van der Waals surface area contributed by atoms with Gasteiger partial charge in [-0.3, -0.25) is 14.3 Å². The van der Waals surface area contributed by atoms with E-state index in [0.29, 0.717) is 51.9 Å². The van der Waals surface area contributed by atoms with E-state index in [9.17, 15) is 18.0 Å². The van der Waals surface area contributed by atoms with Crippen molar-refractivity contribution in [1.82, 2.24) is 24.1 Å². The summed E-state index contributed by atoms with van der Waals surface area (Å²) in [5, 5.41) is 0.474. The molecule has 0 amide bonds. The van der Waals surface area contributed by atoms with E-state index < -0.39 is 17.8 Å². The van der Waals surface area contributed by atoms with E-state index in [0.717, 1.165) is 17.8 Å². The van der Waals surface area contributed by atoms with Gasteiger partial charge in [-0.15, -0.1) is 0 Å². The third-order valence-corrected chi connectivity index (χ3v) is 7.58. The monoisotopic (exact) mass is 621 g/mol. The number of nitrogens with zero attached hydrogens (tertiary/aromatic N) is 5. The Balaban J connectivity index is 1.47. The lowest BCUT2D eigenvalue weighted by Gasteiger charge is -2.21. The lowest BCUT2D eigenvalue weighted by atomic mass is 10.1. The molecule has 46 heavy (non-hydrogen) atoms. The van der Waals surface area contributed by atoms with E-state index in [2.05, 4.69) is 4.98 Å². The molecule has 1 unspecified atom stereocenters. The number of fused-ring (bicyclic) bond motifs is 1. The van der Waals surface area contributed by atoms with Crippen molar-refractivity contribution in [2.45, 2.75) is 32.5 Å². The average molecular weight is 622 g/mol. The van der Waals surface area contributed by atoms with Crippen molar-refractivity contribution >= 4 is 23.1 Å². The normalized spacial score (nSPS) is 12.5. The fourth-order valence-corrected chi connectivity index (χ4v) is 5.30. The van der Waals surface area contributed by atoms with Gasteiger partial charge >= 0.3 is 6.18 Å². The predicted molar refractivity (Wildman–Crippen MR) is 172 cm³/mol. The van der Waals surface area contributed by atoms with Crippen LogP contribution in [0.15, 0.2) is 108 Å². The predicted octanol–water partition coefficient (Wildman–Crippen LogP) is 7.77. The molecule has 6 aromatic rings. The second-order valence-electron chi connectivity index (χ2n) is 10.7. The number of ether oxygens (including phenoxy) is 1. The molecule has 0 aliphatic heterocycles. The van der Waals surface area contributed by atoms with Crippen LogP contribution < -0.4 is 10.3 Å². The van der Waals surface area contributed by atoms with E-state index in [1.165, 1.54) is 12.1 Å². The van der Waals surface area contributed by atoms with Gasteiger partial charge in [0.15, 0.2) is 0 Å². The number of rotatable bonds is 9. The second kappa shape index (κ2) is 12.8. The standard InChI is InChI=1S/C36H30F3N5O2/c1-3-46-30-19-17-29(18-20-30)44-34(42-32-10-5-4-9-31(32)35(44)45)24(2)43-23-28(16-15-27-8-6-7-21-40-27)41-33(43)22-25-11-13-26(14-12-25)36(37,38)39/h4-21,23-24H,3,22H2,1-2H3. The number of benzene rings is 3. The Labute approximate surface area is 263 Å². The number of aromatic nitrogens is 5. The van der Waals surface area contributed by atoms with Crippen LogP contribution in [-0.4, -0.2) is 30.7 Å². The van der Waals surface area contributed by atoms with Gasteiger partial charge in [-0.25, -0.2) is 9.97 Å². The smallest absolute Gasteiger partial charge is 0.416 e. The number of hydrogen-bond acceptors (Lipinski definition) is 5. The molecular formula is C36H30F3N5O2.